The van der Waals surface area contributed by atoms with Crippen LogP contribution in [0.3, 0.4) is 0 Å². The molecule has 1 saturated heterocycles. The summed E-state index contributed by atoms with van der Waals surface area (Å²) in [6, 6.07) is 12.8. The van der Waals surface area contributed by atoms with Crippen LogP contribution in [0.2, 0.25) is 0 Å². The van der Waals surface area contributed by atoms with Crippen LogP contribution >= 0.6 is 24.8 Å². The van der Waals surface area contributed by atoms with Crippen molar-refractivity contribution in [2.24, 2.45) is 0 Å². The van der Waals surface area contributed by atoms with Crippen LogP contribution in [0.4, 0.5) is 5.69 Å². The van der Waals surface area contributed by atoms with Gasteiger partial charge in [0.1, 0.15) is 11.5 Å². The molecule has 0 N–H and O–H groups in total. The van der Waals surface area contributed by atoms with Gasteiger partial charge in [-0.25, -0.2) is 0 Å². The van der Waals surface area contributed by atoms with Crippen LogP contribution in [0.1, 0.15) is 23.1 Å². The summed E-state index contributed by atoms with van der Waals surface area (Å²) < 4.78 is 11.3. The van der Waals surface area contributed by atoms with Crippen LogP contribution in [-0.2, 0) is 0 Å². The number of aryl methyl sites for hydroxylation is 3. The van der Waals surface area contributed by atoms with Gasteiger partial charge in [-0.15, -0.1) is 24.8 Å². The molecule has 29 heavy (non-hydrogen) atoms. The van der Waals surface area contributed by atoms with E-state index in [1.807, 2.05) is 12.1 Å². The Balaban J connectivity index is 0.00000210. The molecule has 2 aromatic carbocycles. The highest BCUT2D eigenvalue weighted by molar-refractivity contribution is 5.85. The van der Waals surface area contributed by atoms with Gasteiger partial charge in [-0.2, -0.15) is 0 Å². The lowest BCUT2D eigenvalue weighted by atomic mass is 10.1. The minimum Gasteiger partial charge on any atom is -0.497 e. The molecule has 0 spiro atoms. The largest absolute Gasteiger partial charge is 0.497 e. The summed E-state index contributed by atoms with van der Waals surface area (Å²) in [6.07, 6.45) is 1.06. The molecule has 2 aromatic rings. The molecule has 0 amide bonds. The fourth-order valence-electron chi connectivity index (χ4n) is 3.88. The second kappa shape index (κ2) is 12.2. The Hall–Kier alpha value is -1.62. The van der Waals surface area contributed by atoms with E-state index in [0.717, 1.165) is 57.3 Å². The van der Waals surface area contributed by atoms with Crippen molar-refractivity contribution in [3.63, 3.8) is 0 Å². The third-order valence-corrected chi connectivity index (χ3v) is 5.28. The zero-order valence-corrected chi connectivity index (χ0v) is 19.6. The molecule has 1 aliphatic heterocycles. The van der Waals surface area contributed by atoms with E-state index in [9.17, 15) is 0 Å². The molecule has 0 bridgehead atoms. The highest BCUT2D eigenvalue weighted by Crippen LogP contribution is 2.25. The zero-order valence-electron chi connectivity index (χ0n) is 17.9. The molecule has 0 unspecified atom stereocenters. The fourth-order valence-corrected chi connectivity index (χ4v) is 3.88. The zero-order chi connectivity index (χ0) is 19.2. The molecule has 4 nitrogen and oxygen atoms in total. The fraction of sp³-hybridized carbons (Fsp3) is 0.478. The van der Waals surface area contributed by atoms with Crippen molar-refractivity contribution >= 4 is 30.5 Å². The molecular weight excluding hydrogens is 407 g/mol. The molecule has 1 fully saturated rings. The molecule has 3 rings (SSSR count). The van der Waals surface area contributed by atoms with Crippen LogP contribution < -0.4 is 14.4 Å². The minimum atomic E-state index is 0. The highest BCUT2D eigenvalue weighted by Gasteiger charge is 2.17. The number of hydrogen-bond donors (Lipinski definition) is 0. The average molecular weight is 441 g/mol. The summed E-state index contributed by atoms with van der Waals surface area (Å²) in [5.41, 5.74) is 5.05. The third kappa shape index (κ3) is 6.98. The first-order valence-corrected chi connectivity index (χ1v) is 9.89. The van der Waals surface area contributed by atoms with Gasteiger partial charge in [0.2, 0.25) is 0 Å². The second-order valence-corrected chi connectivity index (χ2v) is 7.46. The van der Waals surface area contributed by atoms with Gasteiger partial charge in [-0.1, -0.05) is 17.7 Å². The molecule has 0 radical (unpaired) electrons. The first-order chi connectivity index (χ1) is 13.1. The summed E-state index contributed by atoms with van der Waals surface area (Å²) in [7, 11) is 1.71. The van der Waals surface area contributed by atoms with Crippen molar-refractivity contribution in [2.45, 2.75) is 27.2 Å². The van der Waals surface area contributed by atoms with E-state index in [1.165, 1.54) is 22.4 Å². The molecular formula is C23H34Cl2N2O2. The van der Waals surface area contributed by atoms with Gasteiger partial charge in [0.05, 0.1) is 13.7 Å². The van der Waals surface area contributed by atoms with Crippen molar-refractivity contribution in [1.82, 2.24) is 4.90 Å². The monoisotopic (exact) mass is 440 g/mol. The highest BCUT2D eigenvalue weighted by atomic mass is 35.5. The van der Waals surface area contributed by atoms with Crippen molar-refractivity contribution < 1.29 is 9.47 Å². The Morgan fingerprint density at radius 2 is 1.45 bits per heavy atom. The molecule has 0 aliphatic carbocycles. The van der Waals surface area contributed by atoms with Gasteiger partial charge in [-0.3, -0.25) is 4.90 Å². The first-order valence-electron chi connectivity index (χ1n) is 9.89. The van der Waals surface area contributed by atoms with Gasteiger partial charge in [0.25, 0.3) is 0 Å². The smallest absolute Gasteiger partial charge is 0.125 e. The Morgan fingerprint density at radius 1 is 0.862 bits per heavy atom. The molecule has 0 atom stereocenters. The first kappa shape index (κ1) is 25.4. The van der Waals surface area contributed by atoms with Crippen LogP contribution in [0.5, 0.6) is 11.5 Å². The minimum absolute atomic E-state index is 0. The molecule has 6 heteroatoms. The number of ether oxygens (including phenoxy) is 2. The van der Waals surface area contributed by atoms with Crippen LogP contribution in [0.25, 0.3) is 0 Å². The average Bonchev–Trinajstić information content (AvgIpc) is 2.67. The number of anilines is 1. The van der Waals surface area contributed by atoms with E-state index in [2.05, 4.69) is 54.8 Å². The van der Waals surface area contributed by atoms with Crippen molar-refractivity contribution in [1.29, 1.82) is 0 Å². The molecule has 1 heterocycles. The maximum Gasteiger partial charge on any atom is 0.125 e. The Morgan fingerprint density at radius 3 is 2.00 bits per heavy atom. The lowest BCUT2D eigenvalue weighted by Crippen LogP contribution is -2.46. The third-order valence-electron chi connectivity index (χ3n) is 5.28. The van der Waals surface area contributed by atoms with E-state index in [1.54, 1.807) is 7.11 Å². The van der Waals surface area contributed by atoms with Gasteiger partial charge in [0, 0.05) is 38.4 Å². The van der Waals surface area contributed by atoms with E-state index in [0.29, 0.717) is 0 Å². The van der Waals surface area contributed by atoms with Crippen molar-refractivity contribution in [3.05, 3.63) is 53.1 Å². The lowest BCUT2D eigenvalue weighted by molar-refractivity contribution is 0.224. The van der Waals surface area contributed by atoms with Crippen molar-refractivity contribution in [2.75, 3.05) is 51.3 Å². The number of rotatable bonds is 7. The summed E-state index contributed by atoms with van der Waals surface area (Å²) in [5, 5.41) is 0. The molecule has 0 saturated carbocycles. The topological polar surface area (TPSA) is 24.9 Å². The predicted molar refractivity (Wildman–Crippen MR) is 127 cm³/mol. The second-order valence-electron chi connectivity index (χ2n) is 7.46. The maximum absolute atomic E-state index is 6.08. The molecule has 1 aliphatic rings. The van der Waals surface area contributed by atoms with Crippen LogP contribution in [0, 0.1) is 20.8 Å². The number of benzene rings is 2. The molecule has 0 aromatic heterocycles. The van der Waals surface area contributed by atoms with Gasteiger partial charge in [0.15, 0.2) is 0 Å². The Labute approximate surface area is 188 Å². The van der Waals surface area contributed by atoms with Gasteiger partial charge < -0.3 is 14.4 Å². The van der Waals surface area contributed by atoms with E-state index in [-0.39, 0.29) is 24.8 Å². The summed E-state index contributed by atoms with van der Waals surface area (Å²) in [4.78, 5) is 4.99. The quantitative estimate of drug-likeness (QED) is 0.561. The van der Waals surface area contributed by atoms with E-state index < -0.39 is 0 Å². The SMILES string of the molecule is COc1ccc(N2CCN(CCCOc3c(C)cc(C)cc3C)CC2)cc1.Cl.Cl. The predicted octanol–water partition coefficient (Wildman–Crippen LogP) is 5.06. The number of nitrogens with zero attached hydrogens (tertiary/aromatic N) is 2. The standard InChI is InChI=1S/C23H32N2O2.2ClH/c1-18-16-19(2)23(20(3)17-18)27-15-5-10-24-11-13-25(14-12-24)21-6-8-22(26-4)9-7-21;;/h6-9,16-17H,5,10-15H2,1-4H3;2*1H. The maximum atomic E-state index is 6.08. The summed E-state index contributed by atoms with van der Waals surface area (Å²) in [5.74, 6) is 1.97. The lowest BCUT2D eigenvalue weighted by Gasteiger charge is -2.36. The Bertz CT molecular complexity index is 722. The van der Waals surface area contributed by atoms with Crippen LogP contribution in [-0.4, -0.2) is 51.3 Å². The number of piperazine rings is 1. The number of hydrogen-bond acceptors (Lipinski definition) is 4. The summed E-state index contributed by atoms with van der Waals surface area (Å²) >= 11 is 0. The van der Waals surface area contributed by atoms with Crippen LogP contribution in [0.15, 0.2) is 36.4 Å². The van der Waals surface area contributed by atoms with E-state index in [4.69, 9.17) is 9.47 Å². The van der Waals surface area contributed by atoms with Gasteiger partial charge in [-0.05, 0) is 62.6 Å². The summed E-state index contributed by atoms with van der Waals surface area (Å²) in [6.45, 7) is 12.6. The van der Waals surface area contributed by atoms with Crippen molar-refractivity contribution in [3.8, 4) is 11.5 Å². The number of methoxy groups -OCH3 is 1. The Kier molecular flexibility index (Phi) is 10.7. The van der Waals surface area contributed by atoms with E-state index >= 15 is 0 Å². The van der Waals surface area contributed by atoms with Gasteiger partial charge >= 0.3 is 0 Å². The molecule has 162 valence electrons. The normalized spacial score (nSPS) is 14.0. The number of halogens is 2.